The molecule has 0 aliphatic carbocycles. The van der Waals surface area contributed by atoms with E-state index in [1.54, 1.807) is 25.1 Å². The summed E-state index contributed by atoms with van der Waals surface area (Å²) >= 11 is 0. The van der Waals surface area contributed by atoms with E-state index in [0.29, 0.717) is 5.56 Å². The fourth-order valence-corrected chi connectivity index (χ4v) is 2.25. The predicted molar refractivity (Wildman–Crippen MR) is 95.8 cm³/mol. The van der Waals surface area contributed by atoms with Crippen LogP contribution in [0.4, 0.5) is 14.5 Å². The molecule has 2 aromatic rings. The number of hydrogen-bond acceptors (Lipinski definition) is 4. The minimum Gasteiger partial charge on any atom is -0.434 e. The molecule has 0 radical (unpaired) electrons. The molecule has 0 fully saturated rings. The molecule has 0 bridgehead atoms. The van der Waals surface area contributed by atoms with Crippen molar-refractivity contribution in [2.24, 2.45) is 5.16 Å². The minimum absolute atomic E-state index is 0.0255. The van der Waals surface area contributed by atoms with Gasteiger partial charge >= 0.3 is 6.61 Å². The van der Waals surface area contributed by atoms with Crippen LogP contribution in [0, 0.1) is 13.8 Å². The average Bonchev–Trinajstić information content (AvgIpc) is 2.59. The van der Waals surface area contributed by atoms with Crippen molar-refractivity contribution in [3.05, 3.63) is 59.2 Å². The molecule has 1 N–H and O–H groups in total. The van der Waals surface area contributed by atoms with Crippen LogP contribution >= 0.6 is 0 Å². The van der Waals surface area contributed by atoms with E-state index < -0.39 is 12.7 Å². The van der Waals surface area contributed by atoms with Crippen LogP contribution in [0.2, 0.25) is 0 Å². The van der Waals surface area contributed by atoms with Crippen LogP contribution in [-0.2, 0) is 9.63 Å². The summed E-state index contributed by atoms with van der Waals surface area (Å²) in [7, 11) is 0. The lowest BCUT2D eigenvalue weighted by atomic mass is 10.1. The van der Waals surface area contributed by atoms with E-state index >= 15 is 0 Å². The Bertz CT molecular complexity index is 774. The number of oxime groups is 1. The van der Waals surface area contributed by atoms with Crippen LogP contribution in [0.5, 0.6) is 5.75 Å². The minimum atomic E-state index is -2.94. The summed E-state index contributed by atoms with van der Waals surface area (Å²) in [6.07, 6.45) is 0.356. The average molecular weight is 362 g/mol. The Hall–Kier alpha value is -2.96. The SMILES string of the molecule is Cc1cccc(C)c1NC(=O)C(C)O/N=C/c1ccccc1OC(F)F. The molecule has 26 heavy (non-hydrogen) atoms. The highest BCUT2D eigenvalue weighted by atomic mass is 19.3. The van der Waals surface area contributed by atoms with E-state index in [1.165, 1.54) is 12.3 Å². The fraction of sp³-hybridized carbons (Fsp3) is 0.263. The summed E-state index contributed by atoms with van der Waals surface area (Å²) in [4.78, 5) is 17.4. The molecule has 0 heterocycles. The number of rotatable bonds is 7. The zero-order valence-corrected chi connectivity index (χ0v) is 14.7. The maximum Gasteiger partial charge on any atom is 0.387 e. The molecule has 5 nitrogen and oxygen atoms in total. The lowest BCUT2D eigenvalue weighted by Gasteiger charge is -2.14. The predicted octanol–water partition coefficient (Wildman–Crippen LogP) is 4.28. The highest BCUT2D eigenvalue weighted by molar-refractivity contribution is 5.95. The lowest BCUT2D eigenvalue weighted by molar-refractivity contribution is -0.126. The van der Waals surface area contributed by atoms with Crippen molar-refractivity contribution in [2.75, 3.05) is 5.32 Å². The van der Waals surface area contributed by atoms with Crippen molar-refractivity contribution in [3.8, 4) is 5.75 Å². The first-order chi connectivity index (χ1) is 12.4. The van der Waals surface area contributed by atoms with Gasteiger partial charge in [0.05, 0.1) is 6.21 Å². The number of para-hydroxylation sites is 2. The van der Waals surface area contributed by atoms with Gasteiger partial charge in [0, 0.05) is 11.3 Å². The van der Waals surface area contributed by atoms with Crippen LogP contribution in [0.1, 0.15) is 23.6 Å². The summed E-state index contributed by atoms with van der Waals surface area (Å²) in [5, 5.41) is 6.51. The number of aryl methyl sites for hydroxylation is 2. The van der Waals surface area contributed by atoms with E-state index in [4.69, 9.17) is 4.84 Å². The maximum atomic E-state index is 12.4. The first kappa shape index (κ1) is 19.4. The van der Waals surface area contributed by atoms with Gasteiger partial charge in [-0.3, -0.25) is 4.79 Å². The highest BCUT2D eigenvalue weighted by Crippen LogP contribution is 2.20. The molecule has 0 aliphatic heterocycles. The molecular weight excluding hydrogens is 342 g/mol. The first-order valence-corrected chi connectivity index (χ1v) is 7.98. The van der Waals surface area contributed by atoms with Crippen molar-refractivity contribution in [2.45, 2.75) is 33.5 Å². The van der Waals surface area contributed by atoms with Crippen LogP contribution in [0.15, 0.2) is 47.6 Å². The second kappa shape index (κ2) is 8.94. The van der Waals surface area contributed by atoms with Crippen LogP contribution in [-0.4, -0.2) is 24.8 Å². The molecule has 138 valence electrons. The quantitative estimate of drug-likeness (QED) is 0.591. The largest absolute Gasteiger partial charge is 0.434 e. The number of carbonyl (C=O) groups is 1. The number of carbonyl (C=O) groups excluding carboxylic acids is 1. The molecule has 0 saturated carbocycles. The number of halogens is 2. The van der Waals surface area contributed by atoms with E-state index in [9.17, 15) is 13.6 Å². The molecule has 1 unspecified atom stereocenters. The van der Waals surface area contributed by atoms with Crippen molar-refractivity contribution >= 4 is 17.8 Å². The number of ether oxygens (including phenoxy) is 1. The van der Waals surface area contributed by atoms with Gasteiger partial charge in [0.25, 0.3) is 5.91 Å². The molecular formula is C19H20F2N2O3. The number of nitrogens with zero attached hydrogens (tertiary/aromatic N) is 1. The monoisotopic (exact) mass is 362 g/mol. The number of anilines is 1. The second-order valence-electron chi connectivity index (χ2n) is 5.65. The van der Waals surface area contributed by atoms with E-state index in [-0.39, 0.29) is 11.7 Å². The summed E-state index contributed by atoms with van der Waals surface area (Å²) in [5.41, 5.74) is 2.92. The van der Waals surface area contributed by atoms with Gasteiger partial charge in [-0.2, -0.15) is 8.78 Å². The van der Waals surface area contributed by atoms with Crippen molar-refractivity contribution < 1.29 is 23.1 Å². The van der Waals surface area contributed by atoms with Gasteiger partial charge in [0.1, 0.15) is 5.75 Å². The smallest absolute Gasteiger partial charge is 0.387 e. The highest BCUT2D eigenvalue weighted by Gasteiger charge is 2.16. The Morgan fingerprint density at radius 2 is 1.77 bits per heavy atom. The maximum absolute atomic E-state index is 12.4. The fourth-order valence-electron chi connectivity index (χ4n) is 2.25. The Morgan fingerprint density at radius 1 is 1.12 bits per heavy atom. The van der Waals surface area contributed by atoms with Crippen molar-refractivity contribution in [3.63, 3.8) is 0 Å². The van der Waals surface area contributed by atoms with Crippen LogP contribution < -0.4 is 10.1 Å². The third kappa shape index (κ3) is 5.27. The number of benzene rings is 2. The molecule has 0 aliphatic rings. The summed E-state index contributed by atoms with van der Waals surface area (Å²) < 4.78 is 29.2. The van der Waals surface area contributed by atoms with Gasteiger partial charge in [-0.1, -0.05) is 35.5 Å². The molecule has 1 atom stereocenters. The Balaban J connectivity index is 1.99. The summed E-state index contributed by atoms with van der Waals surface area (Å²) in [5.74, 6) is -0.390. The number of alkyl halides is 2. The molecule has 2 aromatic carbocycles. The number of amides is 1. The Kier molecular flexibility index (Phi) is 6.66. The first-order valence-electron chi connectivity index (χ1n) is 7.98. The van der Waals surface area contributed by atoms with Crippen molar-refractivity contribution in [1.82, 2.24) is 0 Å². The zero-order chi connectivity index (χ0) is 19.1. The van der Waals surface area contributed by atoms with Gasteiger partial charge in [0.2, 0.25) is 6.10 Å². The third-order valence-corrected chi connectivity index (χ3v) is 3.64. The van der Waals surface area contributed by atoms with Gasteiger partial charge in [-0.25, -0.2) is 0 Å². The zero-order valence-electron chi connectivity index (χ0n) is 14.7. The summed E-state index contributed by atoms with van der Waals surface area (Å²) in [6.45, 7) is 2.40. The molecule has 0 aromatic heterocycles. The standard InChI is InChI=1S/C19H20F2N2O3/c1-12-7-6-8-13(2)17(12)23-18(24)14(3)26-22-11-15-9-4-5-10-16(15)25-19(20)21/h4-11,14,19H,1-3H3,(H,23,24)/b22-11+. The second-order valence-corrected chi connectivity index (χ2v) is 5.65. The topological polar surface area (TPSA) is 59.9 Å². The normalized spacial score (nSPS) is 12.2. The molecule has 1 amide bonds. The van der Waals surface area contributed by atoms with E-state index in [1.807, 2.05) is 32.0 Å². The van der Waals surface area contributed by atoms with Crippen LogP contribution in [0.25, 0.3) is 0 Å². The van der Waals surface area contributed by atoms with E-state index in [2.05, 4.69) is 15.2 Å². The number of nitrogens with one attached hydrogen (secondary N) is 1. The molecule has 7 heteroatoms. The Labute approximate surface area is 150 Å². The van der Waals surface area contributed by atoms with Gasteiger partial charge in [-0.15, -0.1) is 0 Å². The summed E-state index contributed by atoms with van der Waals surface area (Å²) in [6, 6.07) is 11.9. The van der Waals surface area contributed by atoms with Gasteiger partial charge < -0.3 is 14.9 Å². The molecule has 2 rings (SSSR count). The van der Waals surface area contributed by atoms with Crippen molar-refractivity contribution in [1.29, 1.82) is 0 Å². The third-order valence-electron chi connectivity index (χ3n) is 3.64. The number of hydrogen-bond donors (Lipinski definition) is 1. The lowest BCUT2D eigenvalue weighted by Crippen LogP contribution is -2.27. The van der Waals surface area contributed by atoms with E-state index in [0.717, 1.165) is 16.8 Å². The molecule has 0 spiro atoms. The molecule has 0 saturated heterocycles. The van der Waals surface area contributed by atoms with Gasteiger partial charge in [-0.05, 0) is 44.0 Å². The van der Waals surface area contributed by atoms with Gasteiger partial charge in [0.15, 0.2) is 0 Å². The Morgan fingerprint density at radius 3 is 2.42 bits per heavy atom. The van der Waals surface area contributed by atoms with Crippen LogP contribution in [0.3, 0.4) is 0 Å².